The van der Waals surface area contributed by atoms with Gasteiger partial charge in [-0.2, -0.15) is 0 Å². The molecule has 3 rings (SSSR count). The topological polar surface area (TPSA) is 121 Å². The van der Waals surface area contributed by atoms with Crippen molar-refractivity contribution in [1.29, 1.82) is 0 Å². The van der Waals surface area contributed by atoms with Crippen molar-refractivity contribution in [2.45, 2.75) is 350 Å². The lowest BCUT2D eigenvalue weighted by Crippen LogP contribution is -2.06. The van der Waals surface area contributed by atoms with Crippen LogP contribution in [0.4, 0.5) is 11.4 Å². The summed E-state index contributed by atoms with van der Waals surface area (Å²) in [5.41, 5.74) is 1.96. The van der Waals surface area contributed by atoms with Gasteiger partial charge in [0.15, 0.2) is 34.5 Å². The van der Waals surface area contributed by atoms with Gasteiger partial charge >= 0.3 is 0 Å². The van der Waals surface area contributed by atoms with Crippen molar-refractivity contribution in [3.8, 4) is 46.0 Å². The Bertz CT molecular complexity index is 1970. The van der Waals surface area contributed by atoms with Crippen molar-refractivity contribution >= 4 is 23.8 Å². The molecule has 0 spiro atoms. The molecule has 2 N–H and O–H groups in total. The standard InChI is InChI=1S/C80H136N2O8/c1-7-13-19-25-31-37-43-49-57-85-73-63-71(64-74(86-58-50-44-38-32-26-20-14-8-2)79(73)89-61-53-47-41-35-29-23-17-11-5)81-67-69-55-56-70(78(84)77(69)83)68-82-72-65-75(87-59-51-45-39-33-27-21-15-9-3)80(90-62-54-48-42-36-30-24-18-12-6)76(66-72)88-60-52-46-40-34-28-22-16-10-4/h55-56,63-68,83-84H,7-54,57-62H2,1-6H3. The molecule has 3 aromatic carbocycles. The number of aliphatic imine (C=N–C) groups is 2. The Balaban J connectivity index is 1.95. The van der Waals surface area contributed by atoms with Gasteiger partial charge in [-0.3, -0.25) is 9.98 Å². The number of benzene rings is 3. The SMILES string of the molecule is CCCCCCCCCCOc1cc(N=Cc2ccc(C=Nc3cc(OCCCCCCCCCC)c(OCCCCCCCCCC)c(OCCCCCCCCCC)c3)c(O)c2O)cc(OCCCCCCCCCC)c1OCCCCCCCCCC. The van der Waals surface area contributed by atoms with Crippen LogP contribution in [0.15, 0.2) is 46.4 Å². The van der Waals surface area contributed by atoms with Crippen LogP contribution in [-0.4, -0.2) is 62.3 Å². The van der Waals surface area contributed by atoms with Crippen LogP contribution >= 0.6 is 0 Å². The average Bonchev–Trinajstić information content (AvgIpc) is 1.08. The number of unbranched alkanes of at least 4 members (excludes halogenated alkanes) is 42. The maximum Gasteiger partial charge on any atom is 0.203 e. The molecular weight excluding hydrogens is 1120 g/mol. The van der Waals surface area contributed by atoms with Gasteiger partial charge in [0.2, 0.25) is 11.5 Å². The van der Waals surface area contributed by atoms with E-state index in [9.17, 15) is 10.2 Å². The zero-order chi connectivity index (χ0) is 64.4. The first-order valence-electron chi connectivity index (χ1n) is 38.2. The third-order valence-corrected chi connectivity index (χ3v) is 17.4. The number of rotatable bonds is 64. The normalized spacial score (nSPS) is 11.6. The number of phenols is 2. The maximum absolute atomic E-state index is 11.6. The highest BCUT2D eigenvalue weighted by atomic mass is 16.5. The van der Waals surface area contributed by atoms with Gasteiger partial charge in [0.05, 0.1) is 51.0 Å². The van der Waals surface area contributed by atoms with E-state index in [0.29, 0.717) is 96.6 Å². The summed E-state index contributed by atoms with van der Waals surface area (Å²) in [6.07, 6.45) is 61.7. The summed E-state index contributed by atoms with van der Waals surface area (Å²) >= 11 is 0. The van der Waals surface area contributed by atoms with Crippen LogP contribution in [0.5, 0.6) is 46.0 Å². The Morgan fingerprint density at radius 1 is 0.256 bits per heavy atom. The Labute approximate surface area is 552 Å². The Kier molecular flexibility index (Phi) is 50.5. The predicted octanol–water partition coefficient (Wildman–Crippen LogP) is 25.7. The second-order valence-corrected chi connectivity index (χ2v) is 25.9. The molecule has 514 valence electrons. The molecule has 0 amide bonds. The van der Waals surface area contributed by atoms with E-state index >= 15 is 0 Å². The molecule has 10 heteroatoms. The first-order valence-corrected chi connectivity index (χ1v) is 38.2. The van der Waals surface area contributed by atoms with Crippen molar-refractivity contribution in [2.24, 2.45) is 9.98 Å². The Morgan fingerprint density at radius 3 is 0.633 bits per heavy atom. The van der Waals surface area contributed by atoms with Crippen LogP contribution in [0.3, 0.4) is 0 Å². The van der Waals surface area contributed by atoms with Crippen molar-refractivity contribution < 1.29 is 38.6 Å². The van der Waals surface area contributed by atoms with Crippen LogP contribution in [0.1, 0.15) is 361 Å². The van der Waals surface area contributed by atoms with E-state index in [1.165, 1.54) is 231 Å². The molecule has 0 aliphatic heterocycles. The summed E-state index contributed by atoms with van der Waals surface area (Å²) in [6, 6.07) is 11.2. The van der Waals surface area contributed by atoms with Crippen molar-refractivity contribution in [3.05, 3.63) is 47.5 Å². The number of hydrogen-bond donors (Lipinski definition) is 2. The second-order valence-electron chi connectivity index (χ2n) is 25.9. The Morgan fingerprint density at radius 2 is 0.433 bits per heavy atom. The largest absolute Gasteiger partial charge is 0.504 e. The van der Waals surface area contributed by atoms with Crippen LogP contribution in [0, 0.1) is 0 Å². The maximum atomic E-state index is 11.6. The molecule has 0 bridgehead atoms. The van der Waals surface area contributed by atoms with E-state index in [-0.39, 0.29) is 11.5 Å². The molecule has 0 heterocycles. The summed E-state index contributed by atoms with van der Waals surface area (Å²) in [6.45, 7) is 17.1. The predicted molar refractivity (Wildman–Crippen MR) is 386 cm³/mol. The van der Waals surface area contributed by atoms with Crippen LogP contribution in [-0.2, 0) is 0 Å². The number of ether oxygens (including phenoxy) is 6. The van der Waals surface area contributed by atoms with E-state index in [2.05, 4.69) is 41.5 Å². The molecular formula is C80H136N2O8. The first-order chi connectivity index (χ1) is 44.4. The highest BCUT2D eigenvalue weighted by molar-refractivity contribution is 5.93. The quantitative estimate of drug-likeness (QED) is 0.0326. The number of aromatic hydroxyl groups is 2. The molecule has 0 aliphatic carbocycles. The fourth-order valence-electron chi connectivity index (χ4n) is 11.6. The molecule has 0 aliphatic rings. The van der Waals surface area contributed by atoms with Gasteiger partial charge in [0.1, 0.15) is 0 Å². The van der Waals surface area contributed by atoms with Crippen LogP contribution in [0.2, 0.25) is 0 Å². The lowest BCUT2D eigenvalue weighted by molar-refractivity contribution is 0.234. The average molecular weight is 1250 g/mol. The zero-order valence-corrected chi connectivity index (χ0v) is 59.0. The Hall–Kier alpha value is -4.60. The molecule has 0 radical (unpaired) electrons. The minimum atomic E-state index is -0.279. The lowest BCUT2D eigenvalue weighted by atomic mass is 10.1. The van der Waals surface area contributed by atoms with E-state index in [4.69, 9.17) is 38.4 Å². The molecule has 0 unspecified atom stereocenters. The van der Waals surface area contributed by atoms with Crippen molar-refractivity contribution in [2.75, 3.05) is 39.6 Å². The molecule has 0 aromatic heterocycles. The molecule has 0 fully saturated rings. The molecule has 0 atom stereocenters. The van der Waals surface area contributed by atoms with Gasteiger partial charge in [-0.15, -0.1) is 0 Å². The first kappa shape index (κ1) is 79.6. The van der Waals surface area contributed by atoms with Gasteiger partial charge < -0.3 is 38.6 Å². The van der Waals surface area contributed by atoms with Gasteiger partial charge in [0.25, 0.3) is 0 Å². The van der Waals surface area contributed by atoms with E-state index in [1.54, 1.807) is 24.6 Å². The zero-order valence-electron chi connectivity index (χ0n) is 59.0. The monoisotopic (exact) mass is 1250 g/mol. The van der Waals surface area contributed by atoms with Crippen molar-refractivity contribution in [3.63, 3.8) is 0 Å². The molecule has 90 heavy (non-hydrogen) atoms. The summed E-state index contributed by atoms with van der Waals surface area (Å²) in [7, 11) is 0. The smallest absolute Gasteiger partial charge is 0.203 e. The van der Waals surface area contributed by atoms with E-state index in [1.807, 2.05) is 24.3 Å². The molecule has 10 nitrogen and oxygen atoms in total. The summed E-state index contributed by atoms with van der Waals surface area (Å²) in [4.78, 5) is 9.81. The fourth-order valence-corrected chi connectivity index (χ4v) is 11.6. The number of phenolic OH excluding ortho intramolecular Hbond substituents is 2. The summed E-state index contributed by atoms with van der Waals surface area (Å²) < 4.78 is 39.7. The van der Waals surface area contributed by atoms with E-state index in [0.717, 1.165) is 77.0 Å². The highest BCUT2D eigenvalue weighted by Crippen LogP contribution is 2.44. The lowest BCUT2D eigenvalue weighted by Gasteiger charge is -2.18. The van der Waals surface area contributed by atoms with Gasteiger partial charge in [-0.05, 0) is 50.7 Å². The van der Waals surface area contributed by atoms with Crippen LogP contribution in [0.25, 0.3) is 0 Å². The van der Waals surface area contributed by atoms with Crippen LogP contribution < -0.4 is 28.4 Å². The molecule has 3 aromatic rings. The fraction of sp³-hybridized carbons (Fsp3) is 0.750. The molecule has 0 saturated carbocycles. The molecule has 0 saturated heterocycles. The van der Waals surface area contributed by atoms with Gasteiger partial charge in [0, 0.05) is 47.8 Å². The second kappa shape index (κ2) is 57.1. The third-order valence-electron chi connectivity index (χ3n) is 17.4. The number of nitrogens with zero attached hydrogens (tertiary/aromatic N) is 2. The summed E-state index contributed by atoms with van der Waals surface area (Å²) in [5, 5.41) is 23.2. The summed E-state index contributed by atoms with van der Waals surface area (Å²) in [5.74, 6) is 3.24. The van der Waals surface area contributed by atoms with Gasteiger partial charge in [-0.25, -0.2) is 0 Å². The third kappa shape index (κ3) is 39.1. The van der Waals surface area contributed by atoms with Crippen molar-refractivity contribution in [1.82, 2.24) is 0 Å². The highest BCUT2D eigenvalue weighted by Gasteiger charge is 2.19. The minimum absolute atomic E-state index is 0.279. The number of hydrogen-bond acceptors (Lipinski definition) is 10. The van der Waals surface area contributed by atoms with E-state index < -0.39 is 0 Å². The van der Waals surface area contributed by atoms with Gasteiger partial charge in [-0.1, -0.05) is 311 Å². The minimum Gasteiger partial charge on any atom is -0.504 e.